The molecule has 23 heavy (non-hydrogen) atoms. The van der Waals surface area contributed by atoms with Crippen LogP contribution in [0.4, 0.5) is 0 Å². The largest absolute Gasteiger partial charge is 0.299 e. The molecule has 0 radical (unpaired) electrons. The fraction of sp³-hybridized carbons (Fsp3) is 0.864. The summed E-state index contributed by atoms with van der Waals surface area (Å²) in [6.07, 6.45) is 23.6. The van der Waals surface area contributed by atoms with Crippen LogP contribution in [0, 0.1) is 5.92 Å². The lowest BCUT2D eigenvalue weighted by atomic mass is 9.98. The molecule has 0 N–H and O–H groups in total. The Morgan fingerprint density at radius 1 is 0.739 bits per heavy atom. The maximum absolute atomic E-state index is 11.7. The van der Waals surface area contributed by atoms with Gasteiger partial charge in [-0.15, -0.1) is 0 Å². The van der Waals surface area contributed by atoms with Gasteiger partial charge in [-0.1, -0.05) is 84.3 Å². The molecule has 1 nitrogen and oxygen atoms in total. The SMILES string of the molecule is CCCCCCCC/C=C\CCCCCCCC(=O)C(C)CC. The summed E-state index contributed by atoms with van der Waals surface area (Å²) in [4.78, 5) is 11.7. The second-order valence-electron chi connectivity index (χ2n) is 7.11. The van der Waals surface area contributed by atoms with Gasteiger partial charge in [0.2, 0.25) is 0 Å². The van der Waals surface area contributed by atoms with Crippen LogP contribution in [0.3, 0.4) is 0 Å². The summed E-state index contributed by atoms with van der Waals surface area (Å²) in [6, 6.07) is 0. The standard InChI is InChI=1S/C22H42O/c1-4-6-7-8-9-10-11-12-13-14-15-16-17-18-19-20-22(23)21(3)5-2/h12-13,21H,4-11,14-20H2,1-3H3/b13-12-. The summed E-state index contributed by atoms with van der Waals surface area (Å²) >= 11 is 0. The molecule has 0 aromatic heterocycles. The van der Waals surface area contributed by atoms with Crippen molar-refractivity contribution in [1.82, 2.24) is 0 Å². The van der Waals surface area contributed by atoms with E-state index in [2.05, 4.69) is 32.9 Å². The smallest absolute Gasteiger partial charge is 0.135 e. The summed E-state index contributed by atoms with van der Waals surface area (Å²) < 4.78 is 0. The number of Topliss-reactive ketones (excluding diaryl/α,β-unsaturated/α-hetero) is 1. The van der Waals surface area contributed by atoms with Crippen molar-refractivity contribution in [2.24, 2.45) is 5.92 Å². The van der Waals surface area contributed by atoms with Crippen LogP contribution in [0.2, 0.25) is 0 Å². The van der Waals surface area contributed by atoms with Gasteiger partial charge in [-0.25, -0.2) is 0 Å². The fourth-order valence-corrected chi connectivity index (χ4v) is 2.84. The molecule has 0 aliphatic rings. The first kappa shape index (κ1) is 22.4. The first-order valence-corrected chi connectivity index (χ1v) is 10.4. The van der Waals surface area contributed by atoms with Crippen LogP contribution in [0.15, 0.2) is 12.2 Å². The van der Waals surface area contributed by atoms with Gasteiger partial charge in [-0.05, 0) is 38.5 Å². The van der Waals surface area contributed by atoms with E-state index in [0.717, 1.165) is 19.3 Å². The zero-order valence-electron chi connectivity index (χ0n) is 16.2. The minimum Gasteiger partial charge on any atom is -0.299 e. The van der Waals surface area contributed by atoms with E-state index < -0.39 is 0 Å². The second kappa shape index (κ2) is 17.8. The van der Waals surface area contributed by atoms with Crippen LogP contribution < -0.4 is 0 Å². The second-order valence-corrected chi connectivity index (χ2v) is 7.11. The molecule has 0 spiro atoms. The predicted octanol–water partition coefficient (Wildman–Crippen LogP) is 7.64. The van der Waals surface area contributed by atoms with Crippen LogP contribution in [-0.4, -0.2) is 5.78 Å². The van der Waals surface area contributed by atoms with Gasteiger partial charge in [0.1, 0.15) is 5.78 Å². The highest BCUT2D eigenvalue weighted by molar-refractivity contribution is 5.80. The number of allylic oxidation sites excluding steroid dienone is 2. The lowest BCUT2D eigenvalue weighted by molar-refractivity contribution is -0.122. The highest BCUT2D eigenvalue weighted by Gasteiger charge is 2.09. The lowest BCUT2D eigenvalue weighted by Gasteiger charge is -2.06. The minimum atomic E-state index is 0.270. The van der Waals surface area contributed by atoms with Crippen molar-refractivity contribution in [3.8, 4) is 0 Å². The minimum absolute atomic E-state index is 0.270. The Kier molecular flexibility index (Phi) is 17.3. The van der Waals surface area contributed by atoms with Gasteiger partial charge >= 0.3 is 0 Å². The molecule has 0 saturated carbocycles. The number of carbonyl (C=O) groups is 1. The number of rotatable bonds is 17. The van der Waals surface area contributed by atoms with Gasteiger partial charge in [0.05, 0.1) is 0 Å². The van der Waals surface area contributed by atoms with Crippen molar-refractivity contribution in [2.45, 2.75) is 117 Å². The van der Waals surface area contributed by atoms with Crippen molar-refractivity contribution in [3.05, 3.63) is 12.2 Å². The van der Waals surface area contributed by atoms with Crippen molar-refractivity contribution in [2.75, 3.05) is 0 Å². The third-order valence-corrected chi connectivity index (χ3v) is 4.85. The van der Waals surface area contributed by atoms with Crippen LogP contribution in [0.5, 0.6) is 0 Å². The van der Waals surface area contributed by atoms with E-state index in [0.29, 0.717) is 5.78 Å². The van der Waals surface area contributed by atoms with E-state index in [-0.39, 0.29) is 5.92 Å². The van der Waals surface area contributed by atoms with Gasteiger partial charge < -0.3 is 0 Å². The van der Waals surface area contributed by atoms with Crippen LogP contribution in [-0.2, 0) is 4.79 Å². The van der Waals surface area contributed by atoms with E-state index in [1.807, 2.05) is 0 Å². The molecule has 0 aromatic rings. The number of hydrogen-bond donors (Lipinski definition) is 0. The van der Waals surface area contributed by atoms with Crippen molar-refractivity contribution in [1.29, 1.82) is 0 Å². The third-order valence-electron chi connectivity index (χ3n) is 4.85. The molecule has 0 rings (SSSR count). The number of unbranched alkanes of at least 4 members (excludes halogenated alkanes) is 11. The Morgan fingerprint density at radius 3 is 1.74 bits per heavy atom. The first-order chi connectivity index (χ1) is 11.2. The summed E-state index contributed by atoms with van der Waals surface area (Å²) in [5, 5.41) is 0. The molecule has 0 saturated heterocycles. The number of ketones is 1. The molecule has 1 unspecified atom stereocenters. The molecular weight excluding hydrogens is 280 g/mol. The maximum atomic E-state index is 11.7. The van der Waals surface area contributed by atoms with Gasteiger partial charge in [0.15, 0.2) is 0 Å². The Hall–Kier alpha value is -0.590. The molecule has 0 bridgehead atoms. The van der Waals surface area contributed by atoms with E-state index in [1.165, 1.54) is 77.0 Å². The van der Waals surface area contributed by atoms with Gasteiger partial charge in [0.25, 0.3) is 0 Å². The molecular formula is C22H42O. The predicted molar refractivity (Wildman–Crippen MR) is 104 cm³/mol. The monoisotopic (exact) mass is 322 g/mol. The molecule has 0 aliphatic heterocycles. The van der Waals surface area contributed by atoms with E-state index in [1.54, 1.807) is 0 Å². The molecule has 1 atom stereocenters. The molecule has 1 heteroatoms. The maximum Gasteiger partial charge on any atom is 0.135 e. The summed E-state index contributed by atoms with van der Waals surface area (Å²) in [6.45, 7) is 6.43. The molecule has 0 fully saturated rings. The third kappa shape index (κ3) is 16.1. The van der Waals surface area contributed by atoms with Crippen molar-refractivity contribution >= 4 is 5.78 Å². The van der Waals surface area contributed by atoms with Crippen molar-refractivity contribution in [3.63, 3.8) is 0 Å². The van der Waals surface area contributed by atoms with E-state index >= 15 is 0 Å². The van der Waals surface area contributed by atoms with Gasteiger partial charge in [0, 0.05) is 12.3 Å². The molecule has 0 aliphatic carbocycles. The zero-order valence-corrected chi connectivity index (χ0v) is 16.2. The van der Waals surface area contributed by atoms with Crippen LogP contribution >= 0.6 is 0 Å². The number of carbonyl (C=O) groups excluding carboxylic acids is 1. The Balaban J connectivity index is 3.21. The van der Waals surface area contributed by atoms with Gasteiger partial charge in [-0.3, -0.25) is 4.79 Å². The Morgan fingerprint density at radius 2 is 1.22 bits per heavy atom. The Labute approximate surface area is 146 Å². The van der Waals surface area contributed by atoms with Crippen LogP contribution in [0.25, 0.3) is 0 Å². The Bertz CT molecular complexity index is 280. The zero-order chi connectivity index (χ0) is 17.2. The highest BCUT2D eigenvalue weighted by atomic mass is 16.1. The van der Waals surface area contributed by atoms with Crippen molar-refractivity contribution < 1.29 is 4.79 Å². The fourth-order valence-electron chi connectivity index (χ4n) is 2.84. The average molecular weight is 323 g/mol. The average Bonchev–Trinajstić information content (AvgIpc) is 2.57. The molecule has 0 amide bonds. The molecule has 0 aromatic carbocycles. The molecule has 0 heterocycles. The lowest BCUT2D eigenvalue weighted by Crippen LogP contribution is -2.09. The molecule has 136 valence electrons. The summed E-state index contributed by atoms with van der Waals surface area (Å²) in [7, 11) is 0. The quantitative estimate of drug-likeness (QED) is 0.198. The topological polar surface area (TPSA) is 17.1 Å². The normalized spacial score (nSPS) is 12.8. The van der Waals surface area contributed by atoms with Gasteiger partial charge in [-0.2, -0.15) is 0 Å². The summed E-state index contributed by atoms with van der Waals surface area (Å²) in [5.41, 5.74) is 0. The summed E-state index contributed by atoms with van der Waals surface area (Å²) in [5.74, 6) is 0.733. The van der Waals surface area contributed by atoms with E-state index in [9.17, 15) is 4.79 Å². The highest BCUT2D eigenvalue weighted by Crippen LogP contribution is 2.12. The van der Waals surface area contributed by atoms with Crippen LogP contribution in [0.1, 0.15) is 117 Å². The first-order valence-electron chi connectivity index (χ1n) is 10.4. The number of hydrogen-bond acceptors (Lipinski definition) is 1. The van der Waals surface area contributed by atoms with E-state index in [4.69, 9.17) is 0 Å².